The molecule has 1 atom stereocenters. The van der Waals surface area contributed by atoms with E-state index in [9.17, 15) is 14.7 Å². The minimum Gasteiger partial charge on any atom is -1.00 e. The Hall–Kier alpha value is -0.850. The molecule has 6 nitrogen and oxygen atoms in total. The topological polar surface area (TPSA) is 78.4 Å². The van der Waals surface area contributed by atoms with Crippen LogP contribution in [0.25, 0.3) is 0 Å². The molecule has 0 aliphatic heterocycles. The van der Waals surface area contributed by atoms with Crippen LogP contribution in [0.15, 0.2) is 0 Å². The monoisotopic (exact) mass is 618 g/mol. The highest BCUT2D eigenvalue weighted by molar-refractivity contribution is 5.76. The summed E-state index contributed by atoms with van der Waals surface area (Å²) in [5.41, 5.74) is 0. The van der Waals surface area contributed by atoms with Crippen LogP contribution >= 0.6 is 0 Å². The minimum atomic E-state index is 0. The smallest absolute Gasteiger partial charge is 0.220 e. The number of aliphatic hydroxyl groups excluding tert-OH is 1. The number of carbonyl (C=O) groups excluding carboxylic acids is 2. The fourth-order valence-electron chi connectivity index (χ4n) is 5.56. The lowest BCUT2D eigenvalue weighted by Crippen LogP contribution is -3.00. The number of hydrogen-bond acceptors (Lipinski definition) is 3. The molecule has 0 saturated heterocycles. The van der Waals surface area contributed by atoms with Gasteiger partial charge in [-0.15, -0.1) is 0 Å². The third kappa shape index (κ3) is 30.6. The summed E-state index contributed by atoms with van der Waals surface area (Å²) in [5, 5.41) is 15.7. The van der Waals surface area contributed by atoms with Gasteiger partial charge < -0.3 is 32.6 Å². The Morgan fingerprint density at radius 1 is 0.595 bits per heavy atom. The number of hydrogen-bond donors (Lipinski definition) is 3. The molecule has 0 aliphatic carbocycles. The largest absolute Gasteiger partial charge is 1.00 e. The van der Waals surface area contributed by atoms with Crippen LogP contribution in [0.1, 0.15) is 168 Å². The van der Waals surface area contributed by atoms with E-state index >= 15 is 0 Å². The second-order valence-corrected chi connectivity index (χ2v) is 13.2. The highest BCUT2D eigenvalue weighted by atomic mass is 35.5. The number of rotatable bonds is 31. The molecule has 0 saturated carbocycles. The van der Waals surface area contributed by atoms with Crippen LogP contribution in [0.3, 0.4) is 0 Å². The average Bonchev–Trinajstić information content (AvgIpc) is 2.95. The minimum absolute atomic E-state index is 0. The predicted octanol–water partition coefficient (Wildman–Crippen LogP) is 5.06. The van der Waals surface area contributed by atoms with Crippen LogP contribution < -0.4 is 23.0 Å². The first-order valence-electron chi connectivity index (χ1n) is 17.8. The van der Waals surface area contributed by atoms with Gasteiger partial charge in [0.2, 0.25) is 11.8 Å². The van der Waals surface area contributed by atoms with E-state index in [1.807, 2.05) is 0 Å². The van der Waals surface area contributed by atoms with E-state index in [0.717, 1.165) is 75.5 Å². The summed E-state index contributed by atoms with van der Waals surface area (Å²) in [6.07, 6.45) is 27.5. The van der Waals surface area contributed by atoms with Crippen molar-refractivity contribution in [3.63, 3.8) is 0 Å². The average molecular weight is 618 g/mol. The van der Waals surface area contributed by atoms with Crippen molar-refractivity contribution >= 4 is 11.8 Å². The van der Waals surface area contributed by atoms with E-state index < -0.39 is 0 Å². The second-order valence-electron chi connectivity index (χ2n) is 13.2. The molecule has 0 fully saturated rings. The Balaban J connectivity index is 0. The lowest BCUT2D eigenvalue weighted by Gasteiger charge is -2.32. The summed E-state index contributed by atoms with van der Waals surface area (Å²) in [4.78, 5) is 24.8. The first-order valence-corrected chi connectivity index (χ1v) is 17.8. The molecular formula is C35H72ClN3O3. The zero-order valence-electron chi connectivity index (χ0n) is 28.5. The van der Waals surface area contributed by atoms with Gasteiger partial charge in [0.1, 0.15) is 0 Å². The van der Waals surface area contributed by atoms with E-state index in [2.05, 4.69) is 38.6 Å². The van der Waals surface area contributed by atoms with Gasteiger partial charge in [-0.1, -0.05) is 117 Å². The maximum atomic E-state index is 12.6. The maximum Gasteiger partial charge on any atom is 0.220 e. The Bertz CT molecular complexity index is 604. The number of halogens is 1. The van der Waals surface area contributed by atoms with E-state index in [4.69, 9.17) is 0 Å². The first-order chi connectivity index (χ1) is 19.8. The molecule has 0 radical (unpaired) electrons. The molecule has 0 aromatic heterocycles. The van der Waals surface area contributed by atoms with Crippen LogP contribution in [0.2, 0.25) is 0 Å². The summed E-state index contributed by atoms with van der Waals surface area (Å²) in [6, 6.07) is 0.127. The van der Waals surface area contributed by atoms with Gasteiger partial charge in [-0.3, -0.25) is 9.59 Å². The first kappa shape index (κ1) is 43.3. The summed E-state index contributed by atoms with van der Waals surface area (Å²) in [7, 11) is 4.47. The third-order valence-corrected chi connectivity index (χ3v) is 8.44. The standard InChI is InChI=1S/C35H71N3O3.ClH/c1-5-7-9-11-13-15-17-19-21-26-34(40)36-29-24-30-38(3,4)31-28-33(25-23-32-39)37-35(41)27-22-20-18-16-14-12-10-8-6-2;/h33,39H,5-32H2,1-4H3,(H-,36,37,40,41);1H. The fourth-order valence-corrected chi connectivity index (χ4v) is 5.56. The molecule has 42 heavy (non-hydrogen) atoms. The number of nitrogens with one attached hydrogen (secondary N) is 2. The number of unbranched alkanes of at least 4 members (excludes halogenated alkanes) is 16. The lowest BCUT2D eigenvalue weighted by atomic mass is 10.0. The van der Waals surface area contributed by atoms with Gasteiger partial charge in [0.05, 0.1) is 27.2 Å². The second kappa shape index (κ2) is 31.6. The van der Waals surface area contributed by atoms with Crippen molar-refractivity contribution in [2.24, 2.45) is 0 Å². The molecule has 0 aliphatic rings. The highest BCUT2D eigenvalue weighted by Gasteiger charge is 2.19. The van der Waals surface area contributed by atoms with Crippen molar-refractivity contribution < 1.29 is 31.6 Å². The third-order valence-electron chi connectivity index (χ3n) is 8.44. The van der Waals surface area contributed by atoms with Gasteiger partial charge in [0.15, 0.2) is 0 Å². The van der Waals surface area contributed by atoms with Crippen LogP contribution in [0, 0.1) is 0 Å². The molecule has 3 N–H and O–H groups in total. The van der Waals surface area contributed by atoms with Gasteiger partial charge in [-0.05, 0) is 25.7 Å². The molecule has 0 heterocycles. The number of nitrogens with zero attached hydrogens (tertiary/aromatic N) is 1. The Morgan fingerprint density at radius 3 is 1.52 bits per heavy atom. The number of carbonyl (C=O) groups is 2. The zero-order valence-corrected chi connectivity index (χ0v) is 29.2. The van der Waals surface area contributed by atoms with Crippen molar-refractivity contribution in [1.29, 1.82) is 0 Å². The van der Waals surface area contributed by atoms with Gasteiger partial charge in [0.25, 0.3) is 0 Å². The number of amides is 2. The molecule has 0 rings (SSSR count). The van der Waals surface area contributed by atoms with E-state index in [1.54, 1.807) is 0 Å². The Morgan fingerprint density at radius 2 is 1.05 bits per heavy atom. The quantitative estimate of drug-likeness (QED) is 0.0751. The molecule has 2 amide bonds. The van der Waals surface area contributed by atoms with E-state index in [-0.39, 0.29) is 36.9 Å². The van der Waals surface area contributed by atoms with Crippen molar-refractivity contribution in [2.75, 3.05) is 40.3 Å². The Labute approximate surface area is 267 Å². The zero-order chi connectivity index (χ0) is 30.4. The van der Waals surface area contributed by atoms with Gasteiger partial charge in [-0.2, -0.15) is 0 Å². The SMILES string of the molecule is CCCCCCCCCCCC(=O)NCCC[N+](C)(C)CCC(CCCO)NC(=O)CCCCCCCCCCC.[Cl-]. The van der Waals surface area contributed by atoms with Crippen molar-refractivity contribution in [2.45, 2.75) is 174 Å². The van der Waals surface area contributed by atoms with E-state index in [1.165, 1.54) is 89.9 Å². The molecular weight excluding hydrogens is 546 g/mol. The van der Waals surface area contributed by atoms with Crippen LogP contribution in [-0.4, -0.2) is 67.8 Å². The van der Waals surface area contributed by atoms with Crippen molar-refractivity contribution in [3.8, 4) is 0 Å². The van der Waals surface area contributed by atoms with E-state index in [0.29, 0.717) is 12.8 Å². The Kier molecular flexibility index (Phi) is 32.5. The lowest BCUT2D eigenvalue weighted by molar-refractivity contribution is -0.890. The van der Waals surface area contributed by atoms with Crippen LogP contribution in [0.5, 0.6) is 0 Å². The summed E-state index contributed by atoms with van der Waals surface area (Å²) in [6.45, 7) is 7.38. The highest BCUT2D eigenvalue weighted by Crippen LogP contribution is 2.13. The molecule has 0 spiro atoms. The van der Waals surface area contributed by atoms with Gasteiger partial charge >= 0.3 is 0 Å². The molecule has 0 aromatic carbocycles. The summed E-state index contributed by atoms with van der Waals surface area (Å²) in [5.74, 6) is 0.355. The predicted molar refractivity (Wildman–Crippen MR) is 176 cm³/mol. The summed E-state index contributed by atoms with van der Waals surface area (Å²) >= 11 is 0. The molecule has 0 bridgehead atoms. The summed E-state index contributed by atoms with van der Waals surface area (Å²) < 4.78 is 0.873. The van der Waals surface area contributed by atoms with Gasteiger partial charge in [-0.25, -0.2) is 0 Å². The molecule has 252 valence electrons. The van der Waals surface area contributed by atoms with Crippen molar-refractivity contribution in [1.82, 2.24) is 10.6 Å². The number of aliphatic hydroxyl groups is 1. The molecule has 1 unspecified atom stereocenters. The fraction of sp³-hybridized carbons (Fsp3) is 0.943. The number of quaternary nitrogens is 1. The normalized spacial score (nSPS) is 12.1. The van der Waals surface area contributed by atoms with Crippen molar-refractivity contribution in [3.05, 3.63) is 0 Å². The molecule has 0 aromatic rings. The molecule has 7 heteroatoms. The van der Waals surface area contributed by atoms with Crippen LogP contribution in [0.4, 0.5) is 0 Å². The van der Waals surface area contributed by atoms with Gasteiger partial charge in [0, 0.05) is 44.9 Å². The van der Waals surface area contributed by atoms with Crippen LogP contribution in [-0.2, 0) is 9.59 Å². The maximum absolute atomic E-state index is 12.6.